The molecule has 1 N–H and O–H groups in total. The minimum Gasteiger partial charge on any atom is -0.507 e. The van der Waals surface area contributed by atoms with E-state index in [4.69, 9.17) is 0 Å². The molecule has 0 fully saturated rings. The van der Waals surface area contributed by atoms with Gasteiger partial charge in [-0.15, -0.1) is 0 Å². The number of ketones is 3. The van der Waals surface area contributed by atoms with Crippen molar-refractivity contribution < 1.29 is 19.5 Å². The zero-order chi connectivity index (χ0) is 27.2. The van der Waals surface area contributed by atoms with Crippen molar-refractivity contribution in [2.75, 3.05) is 0 Å². The Morgan fingerprint density at radius 1 is 0.722 bits per heavy atom. The van der Waals surface area contributed by atoms with Crippen LogP contribution >= 0.6 is 0 Å². The van der Waals surface area contributed by atoms with Gasteiger partial charge in [-0.2, -0.15) is 0 Å². The van der Waals surface area contributed by atoms with E-state index in [0.29, 0.717) is 16.7 Å². The Bertz CT molecular complexity index is 1270. The van der Waals surface area contributed by atoms with Gasteiger partial charge < -0.3 is 5.11 Å². The Hall–Kier alpha value is -2.75. The maximum Gasteiger partial charge on any atom is 0.270 e. The van der Waals surface area contributed by atoms with Crippen molar-refractivity contribution in [3.8, 4) is 5.75 Å². The van der Waals surface area contributed by atoms with Crippen LogP contribution < -0.4 is 0 Å². The predicted octanol–water partition coefficient (Wildman–Crippen LogP) is 6.80. The number of rotatable bonds is 1. The first-order chi connectivity index (χ1) is 16.3. The number of phenolic OH excluding ortho intramolecular Hbond substituents is 1. The van der Waals surface area contributed by atoms with Crippen molar-refractivity contribution >= 4 is 17.3 Å². The van der Waals surface area contributed by atoms with Crippen molar-refractivity contribution in [2.45, 2.75) is 110 Å². The molecule has 4 heteroatoms. The van der Waals surface area contributed by atoms with E-state index in [2.05, 4.69) is 27.7 Å². The molecule has 0 radical (unpaired) electrons. The Balaban J connectivity index is 2.08. The highest BCUT2D eigenvalue weighted by Gasteiger charge is 2.45. The molecule has 4 nitrogen and oxygen atoms in total. The maximum absolute atomic E-state index is 13.5. The van der Waals surface area contributed by atoms with Crippen LogP contribution in [0, 0.1) is 0 Å². The van der Waals surface area contributed by atoms with E-state index in [9.17, 15) is 19.5 Å². The summed E-state index contributed by atoms with van der Waals surface area (Å²) in [5.41, 5.74) is 4.28. The fraction of sp³-hybridized carbons (Fsp3) is 0.531. The molecule has 36 heavy (non-hydrogen) atoms. The molecule has 0 saturated heterocycles. The second kappa shape index (κ2) is 7.87. The van der Waals surface area contributed by atoms with E-state index in [-0.39, 0.29) is 27.4 Å². The standard InChI is InChI=1S/C32H40O4/c1-29(2,3)22-13-17(14-23(26(22)34)30(4,5)6)24-18-15-20-21(32(9,10)12-11-31(20,7)8)16-19(18)25(33)28(36)27(24)35/h13-16,24,34H,11-12H2,1-10H3. The van der Waals surface area contributed by atoms with Gasteiger partial charge in [-0.25, -0.2) is 0 Å². The van der Waals surface area contributed by atoms with E-state index < -0.39 is 23.3 Å². The lowest BCUT2D eigenvalue weighted by Crippen LogP contribution is -2.39. The maximum atomic E-state index is 13.5. The molecule has 0 spiro atoms. The molecule has 1 atom stereocenters. The molecular formula is C32H40O4. The number of fused-ring (bicyclic) bond motifs is 2. The number of aromatic hydroxyl groups is 1. The summed E-state index contributed by atoms with van der Waals surface area (Å²) in [5, 5.41) is 11.2. The molecule has 192 valence electrons. The summed E-state index contributed by atoms with van der Waals surface area (Å²) in [5.74, 6) is -3.01. The number of hydrogen-bond donors (Lipinski definition) is 1. The van der Waals surface area contributed by atoms with Gasteiger partial charge in [-0.3, -0.25) is 14.4 Å². The van der Waals surface area contributed by atoms with Crippen LogP contribution in [0.3, 0.4) is 0 Å². The van der Waals surface area contributed by atoms with Gasteiger partial charge in [0.15, 0.2) is 0 Å². The minimum absolute atomic E-state index is 0.111. The van der Waals surface area contributed by atoms with Crippen molar-refractivity contribution in [3.05, 3.63) is 63.2 Å². The molecule has 4 rings (SSSR count). The van der Waals surface area contributed by atoms with E-state index in [1.807, 2.05) is 65.8 Å². The third-order valence-electron chi connectivity index (χ3n) is 8.35. The van der Waals surface area contributed by atoms with Crippen LogP contribution in [-0.2, 0) is 31.2 Å². The second-order valence-corrected chi connectivity index (χ2v) is 14.2. The van der Waals surface area contributed by atoms with Crippen molar-refractivity contribution in [1.29, 1.82) is 0 Å². The number of phenols is 1. The zero-order valence-corrected chi connectivity index (χ0v) is 23.5. The number of carbonyl (C=O) groups excluding carboxylic acids is 3. The highest BCUT2D eigenvalue weighted by atomic mass is 16.3. The van der Waals surface area contributed by atoms with Crippen LogP contribution in [0.15, 0.2) is 24.3 Å². The highest BCUT2D eigenvalue weighted by Crippen LogP contribution is 2.49. The largest absolute Gasteiger partial charge is 0.507 e. The fourth-order valence-electron chi connectivity index (χ4n) is 5.87. The summed E-state index contributed by atoms with van der Waals surface area (Å²) in [6, 6.07) is 7.63. The van der Waals surface area contributed by atoms with E-state index in [1.54, 1.807) is 0 Å². The first kappa shape index (κ1) is 26.3. The van der Waals surface area contributed by atoms with Crippen LogP contribution in [0.25, 0.3) is 0 Å². The highest BCUT2D eigenvalue weighted by molar-refractivity contribution is 6.69. The molecule has 2 aromatic rings. The summed E-state index contributed by atoms with van der Waals surface area (Å²) in [7, 11) is 0. The Morgan fingerprint density at radius 2 is 1.17 bits per heavy atom. The Morgan fingerprint density at radius 3 is 1.61 bits per heavy atom. The van der Waals surface area contributed by atoms with Crippen LogP contribution in [-0.4, -0.2) is 22.5 Å². The molecule has 1 unspecified atom stereocenters. The summed E-state index contributed by atoms with van der Waals surface area (Å²) < 4.78 is 0. The lowest BCUT2D eigenvalue weighted by Gasteiger charge is -2.43. The number of benzene rings is 2. The summed E-state index contributed by atoms with van der Waals surface area (Å²) in [6.07, 6.45) is 1.98. The third-order valence-corrected chi connectivity index (χ3v) is 8.35. The molecule has 0 aliphatic heterocycles. The lowest BCUT2D eigenvalue weighted by atomic mass is 9.61. The minimum atomic E-state index is -0.956. The monoisotopic (exact) mass is 488 g/mol. The van der Waals surface area contributed by atoms with Gasteiger partial charge in [-0.1, -0.05) is 87.4 Å². The molecule has 0 heterocycles. The van der Waals surface area contributed by atoms with E-state index in [1.165, 1.54) is 0 Å². The number of hydrogen-bond acceptors (Lipinski definition) is 4. The van der Waals surface area contributed by atoms with Crippen LogP contribution in [0.4, 0.5) is 0 Å². The average molecular weight is 489 g/mol. The summed E-state index contributed by atoms with van der Waals surface area (Å²) in [6.45, 7) is 20.9. The number of Topliss-reactive ketones (excluding diaryl/α,β-unsaturated/α-hetero) is 3. The quantitative estimate of drug-likeness (QED) is 0.448. The average Bonchev–Trinajstić information content (AvgIpc) is 2.74. The van der Waals surface area contributed by atoms with Crippen LogP contribution in [0.2, 0.25) is 0 Å². The normalized spacial score (nSPS) is 21.3. The van der Waals surface area contributed by atoms with E-state index in [0.717, 1.165) is 35.1 Å². The summed E-state index contributed by atoms with van der Waals surface area (Å²) in [4.78, 5) is 39.7. The Kier molecular flexibility index (Phi) is 5.75. The van der Waals surface area contributed by atoms with Crippen molar-refractivity contribution in [3.63, 3.8) is 0 Å². The number of carbonyl (C=O) groups is 3. The van der Waals surface area contributed by atoms with Gasteiger partial charge in [-0.05, 0) is 73.9 Å². The van der Waals surface area contributed by atoms with Crippen LogP contribution in [0.5, 0.6) is 5.75 Å². The molecular weight excluding hydrogens is 448 g/mol. The van der Waals surface area contributed by atoms with Gasteiger partial charge >= 0.3 is 0 Å². The van der Waals surface area contributed by atoms with E-state index >= 15 is 0 Å². The van der Waals surface area contributed by atoms with Gasteiger partial charge in [0.05, 0.1) is 5.92 Å². The summed E-state index contributed by atoms with van der Waals surface area (Å²) >= 11 is 0. The smallest absolute Gasteiger partial charge is 0.270 e. The van der Waals surface area contributed by atoms with Gasteiger partial charge in [0.2, 0.25) is 11.6 Å². The molecule has 0 bridgehead atoms. The SMILES string of the molecule is CC(C)(C)c1cc(C2C(=O)C(=O)C(=O)c3cc4c(cc32)C(C)(C)CCC4(C)C)cc(C(C)(C)C)c1O. The molecule has 2 aliphatic carbocycles. The predicted molar refractivity (Wildman–Crippen MR) is 143 cm³/mol. The second-order valence-electron chi connectivity index (χ2n) is 14.2. The molecule has 2 aliphatic rings. The Labute approximate surface area is 215 Å². The van der Waals surface area contributed by atoms with Gasteiger partial charge in [0.1, 0.15) is 5.75 Å². The third kappa shape index (κ3) is 4.03. The van der Waals surface area contributed by atoms with Crippen molar-refractivity contribution in [2.24, 2.45) is 0 Å². The first-order valence-corrected chi connectivity index (χ1v) is 13.0. The first-order valence-electron chi connectivity index (χ1n) is 13.0. The van der Waals surface area contributed by atoms with Crippen molar-refractivity contribution in [1.82, 2.24) is 0 Å². The van der Waals surface area contributed by atoms with Gasteiger partial charge in [0.25, 0.3) is 5.78 Å². The lowest BCUT2D eigenvalue weighted by molar-refractivity contribution is -0.134. The molecule has 0 saturated carbocycles. The zero-order valence-electron chi connectivity index (χ0n) is 23.5. The topological polar surface area (TPSA) is 71.4 Å². The van der Waals surface area contributed by atoms with Crippen LogP contribution in [0.1, 0.15) is 132 Å². The fourth-order valence-corrected chi connectivity index (χ4v) is 5.87. The molecule has 0 aromatic heterocycles. The molecule has 0 amide bonds. The molecule has 2 aromatic carbocycles. The van der Waals surface area contributed by atoms with Gasteiger partial charge in [0, 0.05) is 5.56 Å².